The van der Waals surface area contributed by atoms with Crippen LogP contribution in [0.5, 0.6) is 0 Å². The standard InChI is InChI=1S/C20H38N2O2/c1-10-16(3,4)12-19(9,21)14-20(22,15(23)24)13-18(7,8)17(5,6)11-2/h10-11H,1-2,12-14,21-22H2,3-9H3,(H,23,24). The fourth-order valence-corrected chi connectivity index (χ4v) is 3.40. The number of allylic oxidation sites excluding steroid dienone is 2. The molecule has 0 radical (unpaired) electrons. The summed E-state index contributed by atoms with van der Waals surface area (Å²) >= 11 is 0. The van der Waals surface area contributed by atoms with Gasteiger partial charge in [-0.15, -0.1) is 13.2 Å². The molecule has 0 saturated heterocycles. The highest BCUT2D eigenvalue weighted by Gasteiger charge is 2.48. The number of carboxylic acids is 1. The van der Waals surface area contributed by atoms with Crippen molar-refractivity contribution < 1.29 is 9.90 Å². The zero-order chi connectivity index (χ0) is 19.6. The molecule has 0 spiro atoms. The Bertz CT molecular complexity index is 490. The number of carboxylic acid groups (broad SMARTS) is 1. The van der Waals surface area contributed by atoms with E-state index in [0.717, 1.165) is 0 Å². The molecular formula is C20H38N2O2. The van der Waals surface area contributed by atoms with E-state index in [1.807, 2.05) is 60.6 Å². The van der Waals surface area contributed by atoms with E-state index in [-0.39, 0.29) is 22.7 Å². The van der Waals surface area contributed by atoms with Gasteiger partial charge in [-0.2, -0.15) is 0 Å². The second-order valence-corrected chi connectivity index (χ2v) is 9.65. The van der Waals surface area contributed by atoms with Crippen LogP contribution in [-0.2, 0) is 4.79 Å². The van der Waals surface area contributed by atoms with E-state index in [1.165, 1.54) is 0 Å². The van der Waals surface area contributed by atoms with Crippen molar-refractivity contribution in [3.8, 4) is 0 Å². The second kappa shape index (κ2) is 7.01. The van der Waals surface area contributed by atoms with Gasteiger partial charge in [0.15, 0.2) is 0 Å². The summed E-state index contributed by atoms with van der Waals surface area (Å²) < 4.78 is 0. The van der Waals surface area contributed by atoms with Crippen molar-refractivity contribution in [3.05, 3.63) is 25.3 Å². The van der Waals surface area contributed by atoms with Crippen LogP contribution in [0, 0.1) is 16.2 Å². The Labute approximate surface area is 148 Å². The average molecular weight is 339 g/mol. The lowest BCUT2D eigenvalue weighted by atomic mass is 9.61. The van der Waals surface area contributed by atoms with Crippen LogP contribution in [0.4, 0.5) is 0 Å². The third kappa shape index (κ3) is 5.75. The van der Waals surface area contributed by atoms with E-state index in [2.05, 4.69) is 13.2 Å². The van der Waals surface area contributed by atoms with Gasteiger partial charge in [-0.3, -0.25) is 4.79 Å². The SMILES string of the molecule is C=CC(C)(C)CC(C)(N)CC(N)(CC(C)(C)C(C)(C)C=C)C(=O)O. The van der Waals surface area contributed by atoms with E-state index >= 15 is 0 Å². The van der Waals surface area contributed by atoms with Crippen LogP contribution in [0.15, 0.2) is 25.3 Å². The first kappa shape index (κ1) is 22.9. The second-order valence-electron chi connectivity index (χ2n) is 9.65. The number of carbonyl (C=O) groups is 1. The number of hydrogen-bond acceptors (Lipinski definition) is 3. The first-order chi connectivity index (χ1) is 10.4. The smallest absolute Gasteiger partial charge is 0.323 e. The van der Waals surface area contributed by atoms with Crippen LogP contribution < -0.4 is 11.5 Å². The fourth-order valence-electron chi connectivity index (χ4n) is 3.40. The summed E-state index contributed by atoms with van der Waals surface area (Å²) in [5.41, 5.74) is 9.95. The highest BCUT2D eigenvalue weighted by atomic mass is 16.4. The maximum Gasteiger partial charge on any atom is 0.323 e. The molecule has 0 rings (SSSR count). The van der Waals surface area contributed by atoms with Crippen molar-refractivity contribution in [1.29, 1.82) is 0 Å². The molecule has 0 heterocycles. The summed E-state index contributed by atoms with van der Waals surface area (Å²) in [7, 11) is 0. The Morgan fingerprint density at radius 1 is 0.917 bits per heavy atom. The van der Waals surface area contributed by atoms with E-state index < -0.39 is 17.0 Å². The molecule has 0 fully saturated rings. The zero-order valence-electron chi connectivity index (χ0n) is 16.7. The van der Waals surface area contributed by atoms with Crippen molar-refractivity contribution in [2.75, 3.05) is 0 Å². The first-order valence-corrected chi connectivity index (χ1v) is 8.52. The Kier molecular flexibility index (Phi) is 6.68. The minimum atomic E-state index is -1.40. The normalized spacial score (nSPS) is 18.4. The third-order valence-corrected chi connectivity index (χ3v) is 5.57. The van der Waals surface area contributed by atoms with Gasteiger partial charge in [-0.25, -0.2) is 0 Å². The predicted molar refractivity (Wildman–Crippen MR) is 103 cm³/mol. The minimum Gasteiger partial charge on any atom is -0.480 e. The van der Waals surface area contributed by atoms with Crippen LogP contribution in [0.2, 0.25) is 0 Å². The molecule has 4 heteroatoms. The maximum atomic E-state index is 12.0. The fraction of sp³-hybridized carbons (Fsp3) is 0.750. The topological polar surface area (TPSA) is 89.3 Å². The Morgan fingerprint density at radius 3 is 1.71 bits per heavy atom. The molecule has 0 amide bonds. The highest BCUT2D eigenvalue weighted by Crippen LogP contribution is 2.46. The lowest BCUT2D eigenvalue weighted by Crippen LogP contribution is -2.59. The van der Waals surface area contributed by atoms with Gasteiger partial charge in [-0.05, 0) is 42.4 Å². The van der Waals surface area contributed by atoms with E-state index in [0.29, 0.717) is 12.8 Å². The Morgan fingerprint density at radius 2 is 1.38 bits per heavy atom. The Balaban J connectivity index is 5.60. The van der Waals surface area contributed by atoms with E-state index in [4.69, 9.17) is 11.5 Å². The molecule has 0 aliphatic rings. The van der Waals surface area contributed by atoms with Crippen LogP contribution in [0.3, 0.4) is 0 Å². The summed E-state index contributed by atoms with van der Waals surface area (Å²) in [5, 5.41) is 9.83. The van der Waals surface area contributed by atoms with Crippen molar-refractivity contribution in [2.24, 2.45) is 27.7 Å². The predicted octanol–water partition coefficient (Wildman–Crippen LogP) is 4.11. The van der Waals surface area contributed by atoms with Gasteiger partial charge in [0.25, 0.3) is 0 Å². The van der Waals surface area contributed by atoms with Crippen molar-refractivity contribution in [3.63, 3.8) is 0 Å². The van der Waals surface area contributed by atoms with Crippen LogP contribution >= 0.6 is 0 Å². The molecule has 0 bridgehead atoms. The summed E-state index contributed by atoms with van der Waals surface area (Å²) in [6, 6.07) is 0. The van der Waals surface area contributed by atoms with Gasteiger partial charge in [-0.1, -0.05) is 53.7 Å². The number of nitrogens with two attached hydrogens (primary N) is 2. The summed E-state index contributed by atoms with van der Waals surface area (Å²) in [6.45, 7) is 21.8. The lowest BCUT2D eigenvalue weighted by molar-refractivity contribution is -0.146. The summed E-state index contributed by atoms with van der Waals surface area (Å²) in [4.78, 5) is 12.0. The van der Waals surface area contributed by atoms with Gasteiger partial charge in [0.05, 0.1) is 0 Å². The molecule has 5 N–H and O–H groups in total. The first-order valence-electron chi connectivity index (χ1n) is 8.52. The van der Waals surface area contributed by atoms with Crippen LogP contribution in [0.25, 0.3) is 0 Å². The number of hydrogen-bond donors (Lipinski definition) is 3. The van der Waals surface area contributed by atoms with Gasteiger partial charge >= 0.3 is 5.97 Å². The lowest BCUT2D eigenvalue weighted by Gasteiger charge is -2.46. The van der Waals surface area contributed by atoms with Crippen molar-refractivity contribution in [2.45, 2.75) is 78.8 Å². The van der Waals surface area contributed by atoms with Gasteiger partial charge in [0.2, 0.25) is 0 Å². The average Bonchev–Trinajstić information content (AvgIpc) is 2.35. The molecule has 0 aromatic rings. The van der Waals surface area contributed by atoms with Crippen molar-refractivity contribution >= 4 is 5.97 Å². The maximum absolute atomic E-state index is 12.0. The zero-order valence-corrected chi connectivity index (χ0v) is 16.7. The number of rotatable bonds is 10. The van der Waals surface area contributed by atoms with E-state index in [1.54, 1.807) is 0 Å². The molecule has 0 aromatic carbocycles. The quantitative estimate of drug-likeness (QED) is 0.523. The molecule has 24 heavy (non-hydrogen) atoms. The summed E-state index contributed by atoms with van der Waals surface area (Å²) in [5.74, 6) is -1.01. The molecule has 4 nitrogen and oxygen atoms in total. The largest absolute Gasteiger partial charge is 0.480 e. The molecule has 140 valence electrons. The monoisotopic (exact) mass is 338 g/mol. The highest BCUT2D eigenvalue weighted by molar-refractivity contribution is 5.78. The molecular weight excluding hydrogens is 300 g/mol. The van der Waals surface area contributed by atoms with Gasteiger partial charge < -0.3 is 16.6 Å². The molecule has 2 atom stereocenters. The Hall–Kier alpha value is -1.13. The van der Waals surface area contributed by atoms with Gasteiger partial charge in [0, 0.05) is 5.54 Å². The van der Waals surface area contributed by atoms with Crippen LogP contribution in [-0.4, -0.2) is 22.2 Å². The molecule has 0 saturated carbocycles. The molecule has 0 aliphatic heterocycles. The molecule has 2 unspecified atom stereocenters. The minimum absolute atomic E-state index is 0.182. The molecule has 0 aromatic heterocycles. The third-order valence-electron chi connectivity index (χ3n) is 5.57. The molecule has 0 aliphatic carbocycles. The van der Waals surface area contributed by atoms with Crippen molar-refractivity contribution in [1.82, 2.24) is 0 Å². The van der Waals surface area contributed by atoms with Gasteiger partial charge in [0.1, 0.15) is 5.54 Å². The van der Waals surface area contributed by atoms with E-state index in [9.17, 15) is 9.90 Å². The summed E-state index contributed by atoms with van der Waals surface area (Å²) in [6.07, 6.45) is 4.83. The van der Waals surface area contributed by atoms with Crippen LogP contribution in [0.1, 0.15) is 67.7 Å². The number of aliphatic carboxylic acids is 1.